The quantitative estimate of drug-likeness (QED) is 0.708. The summed E-state index contributed by atoms with van der Waals surface area (Å²) in [6.45, 7) is 4.39. The van der Waals surface area contributed by atoms with Crippen LogP contribution in [0.3, 0.4) is 0 Å². The molecule has 1 aliphatic heterocycles. The second kappa shape index (κ2) is 9.25. The van der Waals surface area contributed by atoms with E-state index >= 15 is 0 Å². The van der Waals surface area contributed by atoms with Crippen LogP contribution in [0.1, 0.15) is 43.4 Å². The maximum Gasteiger partial charge on any atom is 0.405 e. The summed E-state index contributed by atoms with van der Waals surface area (Å²) in [5, 5.41) is 21.8. The predicted molar refractivity (Wildman–Crippen MR) is 102 cm³/mol. The number of pyridine rings is 1. The lowest BCUT2D eigenvalue weighted by Crippen LogP contribution is -2.48. The van der Waals surface area contributed by atoms with Crippen LogP contribution in [-0.4, -0.2) is 42.2 Å². The van der Waals surface area contributed by atoms with Gasteiger partial charge in [0.05, 0.1) is 11.1 Å². The number of primary amides is 1. The number of carbonyl (C=O) groups excluding carboxylic acids is 2. The smallest absolute Gasteiger partial charge is 0.405 e. The molecule has 1 atom stereocenters. The number of nitriles is 2. The van der Waals surface area contributed by atoms with Gasteiger partial charge in [-0.05, 0) is 31.7 Å². The molecular formula is C18H21ClN6O3. The number of carbonyl (C=O) groups is 2. The first-order valence-corrected chi connectivity index (χ1v) is 9.24. The number of anilines is 1. The molecule has 1 aliphatic rings. The Morgan fingerprint density at radius 2 is 1.96 bits per heavy atom. The Kier molecular flexibility index (Phi) is 7.02. The lowest BCUT2D eigenvalue weighted by molar-refractivity contribution is -0.129. The number of piperidine rings is 1. The molecule has 0 saturated carbocycles. The van der Waals surface area contributed by atoms with Crippen molar-refractivity contribution in [2.24, 2.45) is 5.73 Å². The highest BCUT2D eigenvalue weighted by Gasteiger charge is 2.27. The highest BCUT2D eigenvalue weighted by atomic mass is 35.5. The fourth-order valence-electron chi connectivity index (χ4n) is 3.18. The summed E-state index contributed by atoms with van der Waals surface area (Å²) in [6.07, 6.45) is -0.254. The van der Waals surface area contributed by atoms with E-state index in [9.17, 15) is 20.1 Å². The zero-order valence-corrected chi connectivity index (χ0v) is 16.4. The molecule has 2 amide bonds. The fraction of sp³-hybridized carbons (Fsp3) is 0.500. The second-order valence-corrected chi connectivity index (χ2v) is 6.74. The second-order valence-electron chi connectivity index (χ2n) is 6.38. The van der Waals surface area contributed by atoms with Crippen molar-refractivity contribution in [1.29, 1.82) is 10.5 Å². The van der Waals surface area contributed by atoms with E-state index < -0.39 is 18.1 Å². The molecular weight excluding hydrogens is 384 g/mol. The van der Waals surface area contributed by atoms with Crippen LogP contribution in [0.25, 0.3) is 0 Å². The van der Waals surface area contributed by atoms with Crippen molar-refractivity contribution in [2.45, 2.75) is 45.3 Å². The molecule has 28 heavy (non-hydrogen) atoms. The number of amides is 2. The van der Waals surface area contributed by atoms with Gasteiger partial charge in [0.15, 0.2) is 6.10 Å². The standard InChI is InChI=1S/C18H21ClN6O3/c1-3-12-13(8-20)15(19)24-16(14(12)9-21)25-6-4-11(5-7-25)23-17(26)10(2)28-18(22)27/h10-11H,3-7H2,1-2H3,(H2,22,27)(H,23,26). The van der Waals surface area contributed by atoms with E-state index in [0.29, 0.717) is 49.3 Å². The minimum atomic E-state index is -1.00. The van der Waals surface area contributed by atoms with Gasteiger partial charge >= 0.3 is 6.09 Å². The number of ether oxygens (including phenoxy) is 1. The highest BCUT2D eigenvalue weighted by molar-refractivity contribution is 6.30. The molecule has 1 fully saturated rings. The van der Waals surface area contributed by atoms with Crippen LogP contribution in [0.5, 0.6) is 0 Å². The normalized spacial score (nSPS) is 15.2. The van der Waals surface area contributed by atoms with Crippen molar-refractivity contribution in [2.75, 3.05) is 18.0 Å². The van der Waals surface area contributed by atoms with Crippen LogP contribution < -0.4 is 16.0 Å². The van der Waals surface area contributed by atoms with Gasteiger partial charge in [-0.2, -0.15) is 10.5 Å². The number of hydrogen-bond donors (Lipinski definition) is 2. The van der Waals surface area contributed by atoms with E-state index in [0.717, 1.165) is 0 Å². The van der Waals surface area contributed by atoms with Gasteiger partial charge in [-0.1, -0.05) is 18.5 Å². The lowest BCUT2D eigenvalue weighted by atomic mass is 10.00. The summed E-state index contributed by atoms with van der Waals surface area (Å²) < 4.78 is 4.66. The monoisotopic (exact) mass is 404 g/mol. The maximum absolute atomic E-state index is 12.0. The Bertz CT molecular complexity index is 852. The molecule has 148 valence electrons. The van der Waals surface area contributed by atoms with Crippen molar-refractivity contribution < 1.29 is 14.3 Å². The van der Waals surface area contributed by atoms with E-state index in [-0.39, 0.29) is 16.8 Å². The molecule has 2 heterocycles. The molecule has 1 aromatic heterocycles. The largest absolute Gasteiger partial charge is 0.437 e. The van der Waals surface area contributed by atoms with Crippen LogP contribution in [0, 0.1) is 22.7 Å². The van der Waals surface area contributed by atoms with Crippen LogP contribution >= 0.6 is 11.6 Å². The summed E-state index contributed by atoms with van der Waals surface area (Å²) in [5.41, 5.74) is 6.10. The molecule has 1 unspecified atom stereocenters. The summed E-state index contributed by atoms with van der Waals surface area (Å²) >= 11 is 6.16. The molecule has 0 spiro atoms. The average molecular weight is 405 g/mol. The molecule has 0 aromatic carbocycles. The molecule has 9 nitrogen and oxygen atoms in total. The number of nitrogens with zero attached hydrogens (tertiary/aromatic N) is 4. The van der Waals surface area contributed by atoms with E-state index in [2.05, 4.69) is 21.1 Å². The predicted octanol–water partition coefficient (Wildman–Crippen LogP) is 1.61. The van der Waals surface area contributed by atoms with Crippen LogP contribution in [0.4, 0.5) is 10.6 Å². The van der Waals surface area contributed by atoms with Crippen molar-refractivity contribution in [3.63, 3.8) is 0 Å². The number of aromatic nitrogens is 1. The van der Waals surface area contributed by atoms with Gasteiger partial charge in [0.2, 0.25) is 0 Å². The van der Waals surface area contributed by atoms with Gasteiger partial charge < -0.3 is 20.7 Å². The minimum Gasteiger partial charge on any atom is -0.437 e. The maximum atomic E-state index is 12.0. The Labute approximate surface area is 168 Å². The van der Waals surface area contributed by atoms with Crippen molar-refractivity contribution in [1.82, 2.24) is 10.3 Å². The third-order valence-corrected chi connectivity index (χ3v) is 4.89. The number of hydrogen-bond acceptors (Lipinski definition) is 7. The summed E-state index contributed by atoms with van der Waals surface area (Å²) in [6, 6.07) is 4.06. The van der Waals surface area contributed by atoms with Gasteiger partial charge in [0, 0.05) is 19.1 Å². The van der Waals surface area contributed by atoms with Gasteiger partial charge in [-0.3, -0.25) is 4.79 Å². The molecule has 0 aliphatic carbocycles. The van der Waals surface area contributed by atoms with E-state index in [1.165, 1.54) is 6.92 Å². The van der Waals surface area contributed by atoms with Crippen molar-refractivity contribution in [3.05, 3.63) is 21.8 Å². The lowest BCUT2D eigenvalue weighted by Gasteiger charge is -2.34. The molecule has 10 heteroatoms. The fourth-order valence-corrected chi connectivity index (χ4v) is 3.42. The SMILES string of the molecule is CCc1c(C#N)c(Cl)nc(N2CCC(NC(=O)C(C)OC(N)=O)CC2)c1C#N. The molecule has 3 N–H and O–H groups in total. The topological polar surface area (TPSA) is 145 Å². The highest BCUT2D eigenvalue weighted by Crippen LogP contribution is 2.30. The van der Waals surface area contributed by atoms with E-state index in [4.69, 9.17) is 17.3 Å². The third kappa shape index (κ3) is 4.62. The number of halogens is 1. The van der Waals surface area contributed by atoms with E-state index in [1.807, 2.05) is 17.9 Å². The molecule has 1 aromatic rings. The number of nitrogens with one attached hydrogen (secondary N) is 1. The number of rotatable bonds is 5. The minimum absolute atomic E-state index is 0.0844. The summed E-state index contributed by atoms with van der Waals surface area (Å²) in [5.74, 6) is 0.0429. The van der Waals surface area contributed by atoms with Gasteiger partial charge in [-0.15, -0.1) is 0 Å². The Morgan fingerprint density at radius 1 is 1.36 bits per heavy atom. The van der Waals surface area contributed by atoms with Gasteiger partial charge in [0.1, 0.15) is 23.1 Å². The van der Waals surface area contributed by atoms with Crippen LogP contribution in [-0.2, 0) is 16.0 Å². The summed E-state index contributed by atoms with van der Waals surface area (Å²) in [7, 11) is 0. The third-order valence-electron chi connectivity index (χ3n) is 4.62. The Balaban J connectivity index is 2.11. The zero-order valence-electron chi connectivity index (χ0n) is 15.7. The molecule has 2 rings (SSSR count). The average Bonchev–Trinajstić information content (AvgIpc) is 2.67. The van der Waals surface area contributed by atoms with Crippen molar-refractivity contribution in [3.8, 4) is 12.1 Å². The van der Waals surface area contributed by atoms with Gasteiger partial charge in [0.25, 0.3) is 5.91 Å². The summed E-state index contributed by atoms with van der Waals surface area (Å²) in [4.78, 5) is 29.0. The van der Waals surface area contributed by atoms with Gasteiger partial charge in [-0.25, -0.2) is 9.78 Å². The first-order chi connectivity index (χ1) is 13.3. The van der Waals surface area contributed by atoms with Crippen LogP contribution in [0.15, 0.2) is 0 Å². The molecule has 1 saturated heterocycles. The van der Waals surface area contributed by atoms with E-state index in [1.54, 1.807) is 0 Å². The van der Waals surface area contributed by atoms with Crippen molar-refractivity contribution >= 4 is 29.4 Å². The first kappa shape index (κ1) is 21.3. The first-order valence-electron chi connectivity index (χ1n) is 8.86. The molecule has 0 radical (unpaired) electrons. The Hall–Kier alpha value is -3.04. The Morgan fingerprint density at radius 3 is 2.46 bits per heavy atom. The van der Waals surface area contributed by atoms with Crippen LogP contribution in [0.2, 0.25) is 5.15 Å². The molecule has 0 bridgehead atoms. The zero-order chi connectivity index (χ0) is 20.8. The number of nitrogens with two attached hydrogens (primary N) is 1.